The highest BCUT2D eigenvalue weighted by Crippen LogP contribution is 2.26. The highest BCUT2D eigenvalue weighted by Gasteiger charge is 2.20. The first-order valence-electron chi connectivity index (χ1n) is 5.20. The van der Waals surface area contributed by atoms with Gasteiger partial charge in [-0.05, 0) is 40.9 Å². The first-order valence-corrected chi connectivity index (χ1v) is 5.99. The van der Waals surface area contributed by atoms with Crippen molar-refractivity contribution in [1.29, 1.82) is 0 Å². The largest absolute Gasteiger partial charge is 0.381 e. The molecule has 2 heterocycles. The molecule has 3 nitrogen and oxygen atoms in total. The minimum absolute atomic E-state index is 0.546. The summed E-state index contributed by atoms with van der Waals surface area (Å²) in [4.78, 5) is 6.63. The number of anilines is 1. The molecule has 1 aromatic heterocycles. The molecule has 15 heavy (non-hydrogen) atoms. The van der Waals surface area contributed by atoms with Gasteiger partial charge in [0.2, 0.25) is 0 Å². The van der Waals surface area contributed by atoms with E-state index in [1.165, 1.54) is 0 Å². The molecule has 2 rings (SSSR count). The van der Waals surface area contributed by atoms with Crippen LogP contribution in [-0.4, -0.2) is 31.3 Å². The normalized spacial score (nSPS) is 17.7. The van der Waals surface area contributed by atoms with E-state index in [1.807, 2.05) is 18.3 Å². The number of halogens is 1. The summed E-state index contributed by atoms with van der Waals surface area (Å²) in [5.41, 5.74) is 0. The van der Waals surface area contributed by atoms with Gasteiger partial charge in [-0.3, -0.25) is 0 Å². The Morgan fingerprint density at radius 1 is 1.47 bits per heavy atom. The molecule has 0 bridgehead atoms. The lowest BCUT2D eigenvalue weighted by Crippen LogP contribution is -2.37. The lowest BCUT2D eigenvalue weighted by atomic mass is 10.1. The molecule has 4 heteroatoms. The molecule has 1 aliphatic rings. The number of rotatable bonds is 2. The predicted molar refractivity (Wildman–Crippen MR) is 64.2 cm³/mol. The number of aromatic nitrogens is 1. The van der Waals surface area contributed by atoms with Crippen LogP contribution in [0.5, 0.6) is 0 Å². The van der Waals surface area contributed by atoms with Gasteiger partial charge in [0.1, 0.15) is 5.82 Å². The number of nitrogens with zero attached hydrogens (tertiary/aromatic N) is 2. The molecule has 0 aliphatic carbocycles. The molecule has 0 N–H and O–H groups in total. The maximum Gasteiger partial charge on any atom is 0.142 e. The van der Waals surface area contributed by atoms with Crippen molar-refractivity contribution in [1.82, 2.24) is 4.98 Å². The summed E-state index contributed by atoms with van der Waals surface area (Å²) in [6, 6.07) is 4.51. The smallest absolute Gasteiger partial charge is 0.142 e. The Balaban J connectivity index is 2.12. The second kappa shape index (κ2) is 4.94. The summed E-state index contributed by atoms with van der Waals surface area (Å²) in [7, 11) is 2.10. The minimum atomic E-state index is 0.546. The Morgan fingerprint density at radius 3 is 2.87 bits per heavy atom. The van der Waals surface area contributed by atoms with Crippen LogP contribution >= 0.6 is 15.9 Å². The lowest BCUT2D eigenvalue weighted by molar-refractivity contribution is 0.0853. The van der Waals surface area contributed by atoms with Crippen molar-refractivity contribution in [2.45, 2.75) is 18.9 Å². The highest BCUT2D eigenvalue weighted by atomic mass is 79.9. The van der Waals surface area contributed by atoms with Crippen molar-refractivity contribution in [3.8, 4) is 0 Å². The SMILES string of the molecule is CN(c1ncccc1Br)C1CCOCC1. The van der Waals surface area contributed by atoms with Crippen molar-refractivity contribution in [2.24, 2.45) is 0 Å². The molecule has 1 aliphatic heterocycles. The number of hydrogen-bond donors (Lipinski definition) is 0. The second-order valence-electron chi connectivity index (χ2n) is 3.76. The number of ether oxygens (including phenoxy) is 1. The molecule has 1 fully saturated rings. The molecule has 1 saturated heterocycles. The average molecular weight is 271 g/mol. The maximum absolute atomic E-state index is 5.36. The quantitative estimate of drug-likeness (QED) is 0.826. The molecular formula is C11H15BrN2O. The topological polar surface area (TPSA) is 25.4 Å². The summed E-state index contributed by atoms with van der Waals surface area (Å²) in [6.07, 6.45) is 3.99. The van der Waals surface area contributed by atoms with Crippen LogP contribution in [0.4, 0.5) is 5.82 Å². The summed E-state index contributed by atoms with van der Waals surface area (Å²) in [6.45, 7) is 1.72. The Hall–Kier alpha value is -0.610. The molecule has 0 saturated carbocycles. The summed E-state index contributed by atoms with van der Waals surface area (Å²) >= 11 is 3.53. The molecule has 82 valence electrons. The van der Waals surface area contributed by atoms with E-state index in [0.29, 0.717) is 6.04 Å². The standard InChI is InChI=1S/C11H15BrN2O/c1-14(9-4-7-15-8-5-9)11-10(12)3-2-6-13-11/h2-3,6,9H,4-5,7-8H2,1H3. The van der Waals surface area contributed by atoms with Gasteiger partial charge in [0, 0.05) is 32.5 Å². The van der Waals surface area contributed by atoms with E-state index in [-0.39, 0.29) is 0 Å². The fourth-order valence-corrected chi connectivity index (χ4v) is 2.42. The van der Waals surface area contributed by atoms with E-state index < -0.39 is 0 Å². The van der Waals surface area contributed by atoms with Gasteiger partial charge < -0.3 is 9.64 Å². The molecule has 0 unspecified atom stereocenters. The molecule has 0 spiro atoms. The minimum Gasteiger partial charge on any atom is -0.381 e. The van der Waals surface area contributed by atoms with Crippen LogP contribution in [0.1, 0.15) is 12.8 Å². The van der Waals surface area contributed by atoms with Crippen molar-refractivity contribution in [2.75, 3.05) is 25.2 Å². The monoisotopic (exact) mass is 270 g/mol. The van der Waals surface area contributed by atoms with Crippen molar-refractivity contribution in [3.05, 3.63) is 22.8 Å². The fraction of sp³-hybridized carbons (Fsp3) is 0.545. The molecule has 0 atom stereocenters. The van der Waals surface area contributed by atoms with Gasteiger partial charge in [0.05, 0.1) is 4.47 Å². The van der Waals surface area contributed by atoms with Crippen LogP contribution in [0.15, 0.2) is 22.8 Å². The van der Waals surface area contributed by atoms with Gasteiger partial charge in [0.15, 0.2) is 0 Å². The van der Waals surface area contributed by atoms with E-state index in [0.717, 1.165) is 36.3 Å². The molecule has 0 aromatic carbocycles. The third-order valence-electron chi connectivity index (χ3n) is 2.81. The van der Waals surface area contributed by atoms with Gasteiger partial charge in [-0.2, -0.15) is 0 Å². The van der Waals surface area contributed by atoms with E-state index >= 15 is 0 Å². The first-order chi connectivity index (χ1) is 7.29. The van der Waals surface area contributed by atoms with Crippen molar-refractivity contribution in [3.63, 3.8) is 0 Å². The van der Waals surface area contributed by atoms with Crippen molar-refractivity contribution < 1.29 is 4.74 Å². The molecule has 0 amide bonds. The highest BCUT2D eigenvalue weighted by molar-refractivity contribution is 9.10. The van der Waals surface area contributed by atoms with Crippen LogP contribution in [-0.2, 0) is 4.74 Å². The van der Waals surface area contributed by atoms with Crippen LogP contribution in [0.25, 0.3) is 0 Å². The fourth-order valence-electron chi connectivity index (χ4n) is 1.88. The molecule has 1 aromatic rings. The zero-order valence-electron chi connectivity index (χ0n) is 8.82. The third kappa shape index (κ3) is 2.49. The maximum atomic E-state index is 5.36. The van der Waals surface area contributed by atoms with Gasteiger partial charge in [-0.15, -0.1) is 0 Å². The van der Waals surface area contributed by atoms with E-state index in [4.69, 9.17) is 4.74 Å². The number of pyridine rings is 1. The van der Waals surface area contributed by atoms with Gasteiger partial charge >= 0.3 is 0 Å². The molecule has 0 radical (unpaired) electrons. The first kappa shape index (κ1) is 10.9. The summed E-state index contributed by atoms with van der Waals surface area (Å²) < 4.78 is 6.41. The van der Waals surface area contributed by atoms with Gasteiger partial charge in [0.25, 0.3) is 0 Å². The third-order valence-corrected chi connectivity index (χ3v) is 3.43. The van der Waals surface area contributed by atoms with Gasteiger partial charge in [-0.1, -0.05) is 0 Å². The predicted octanol–water partition coefficient (Wildman–Crippen LogP) is 2.46. The van der Waals surface area contributed by atoms with Crippen LogP contribution in [0.3, 0.4) is 0 Å². The zero-order valence-corrected chi connectivity index (χ0v) is 10.4. The van der Waals surface area contributed by atoms with E-state index in [9.17, 15) is 0 Å². The lowest BCUT2D eigenvalue weighted by Gasteiger charge is -2.32. The Morgan fingerprint density at radius 2 is 2.20 bits per heavy atom. The van der Waals surface area contributed by atoms with Crippen molar-refractivity contribution >= 4 is 21.7 Å². The Kier molecular flexibility index (Phi) is 3.59. The Labute approximate surface area is 98.6 Å². The second-order valence-corrected chi connectivity index (χ2v) is 4.62. The summed E-state index contributed by atoms with van der Waals surface area (Å²) in [5, 5.41) is 0. The van der Waals surface area contributed by atoms with Crippen LogP contribution < -0.4 is 4.90 Å². The molecular weight excluding hydrogens is 256 g/mol. The number of hydrogen-bond acceptors (Lipinski definition) is 3. The zero-order chi connectivity index (χ0) is 10.7. The Bertz CT molecular complexity index is 326. The van der Waals surface area contributed by atoms with Crippen LogP contribution in [0, 0.1) is 0 Å². The van der Waals surface area contributed by atoms with Crippen LogP contribution in [0.2, 0.25) is 0 Å². The van der Waals surface area contributed by atoms with E-state index in [1.54, 1.807) is 0 Å². The average Bonchev–Trinajstić information content (AvgIpc) is 2.30. The van der Waals surface area contributed by atoms with E-state index in [2.05, 4.69) is 32.9 Å². The summed E-state index contributed by atoms with van der Waals surface area (Å²) in [5.74, 6) is 1.02. The van der Waals surface area contributed by atoms with Gasteiger partial charge in [-0.25, -0.2) is 4.98 Å².